The van der Waals surface area contributed by atoms with Crippen molar-refractivity contribution in [2.24, 2.45) is 0 Å². The second-order valence-electron chi connectivity index (χ2n) is 4.88. The molecule has 1 aromatic rings. The number of nitrogens with one attached hydrogen (secondary N) is 1. The molecule has 7 heteroatoms. The molecule has 0 aliphatic heterocycles. The summed E-state index contributed by atoms with van der Waals surface area (Å²) in [4.78, 5) is 41.3. The van der Waals surface area contributed by atoms with E-state index >= 15 is 0 Å². The van der Waals surface area contributed by atoms with Crippen molar-refractivity contribution in [3.05, 3.63) is 30.1 Å². The number of hydrogen-bond acceptors (Lipinski definition) is 4. The van der Waals surface area contributed by atoms with E-state index in [1.165, 1.54) is 16.8 Å². The zero-order valence-electron chi connectivity index (χ0n) is 12.4. The minimum atomic E-state index is -0.716. The van der Waals surface area contributed by atoms with Crippen molar-refractivity contribution in [2.75, 3.05) is 27.7 Å². The second-order valence-corrected chi connectivity index (χ2v) is 4.88. The summed E-state index contributed by atoms with van der Waals surface area (Å²) in [5.74, 6) is -0.502. The van der Waals surface area contributed by atoms with Gasteiger partial charge in [0.15, 0.2) is 0 Å². The molecule has 1 rings (SSSR count). The van der Waals surface area contributed by atoms with E-state index in [0.717, 1.165) is 5.56 Å². The van der Waals surface area contributed by atoms with Gasteiger partial charge in [-0.3, -0.25) is 19.4 Å². The van der Waals surface area contributed by atoms with Gasteiger partial charge in [-0.15, -0.1) is 0 Å². The Morgan fingerprint density at radius 2 is 2.10 bits per heavy atom. The average Bonchev–Trinajstić information content (AvgIpc) is 2.46. The van der Waals surface area contributed by atoms with Gasteiger partial charge in [0.05, 0.1) is 6.54 Å². The first kappa shape index (κ1) is 16.6. The van der Waals surface area contributed by atoms with Crippen molar-refractivity contribution in [1.82, 2.24) is 20.1 Å². The maximum absolute atomic E-state index is 12.3. The number of rotatable bonds is 7. The molecule has 0 bridgehead atoms. The minimum Gasteiger partial charge on any atom is -0.347 e. The number of aromatic nitrogens is 1. The van der Waals surface area contributed by atoms with Gasteiger partial charge in [0, 0.05) is 40.0 Å². The highest BCUT2D eigenvalue weighted by atomic mass is 16.2. The lowest BCUT2D eigenvalue weighted by molar-refractivity contribution is -0.139. The van der Waals surface area contributed by atoms with E-state index in [9.17, 15) is 14.4 Å². The highest BCUT2D eigenvalue weighted by Crippen LogP contribution is 2.04. The Morgan fingerprint density at radius 1 is 1.38 bits per heavy atom. The Balaban J connectivity index is 2.72. The lowest BCUT2D eigenvalue weighted by atomic mass is 10.1. The van der Waals surface area contributed by atoms with E-state index in [0.29, 0.717) is 12.8 Å². The quantitative estimate of drug-likeness (QED) is 0.673. The number of carbonyl (C=O) groups is 3. The van der Waals surface area contributed by atoms with Crippen LogP contribution in [0.2, 0.25) is 0 Å². The molecule has 0 spiro atoms. The molecule has 0 aliphatic rings. The third-order valence-electron chi connectivity index (χ3n) is 2.98. The van der Waals surface area contributed by atoms with Gasteiger partial charge in [0.2, 0.25) is 18.2 Å². The smallest absolute Gasteiger partial charge is 0.245 e. The molecule has 0 aliphatic carbocycles. The first-order valence-electron chi connectivity index (χ1n) is 6.49. The van der Waals surface area contributed by atoms with Crippen molar-refractivity contribution in [3.63, 3.8) is 0 Å². The first-order chi connectivity index (χ1) is 9.95. The fraction of sp³-hybridized carbons (Fsp3) is 0.429. The van der Waals surface area contributed by atoms with E-state index in [1.54, 1.807) is 32.6 Å². The predicted molar refractivity (Wildman–Crippen MR) is 77.3 cm³/mol. The molecule has 1 aromatic heterocycles. The van der Waals surface area contributed by atoms with Gasteiger partial charge in [-0.1, -0.05) is 6.07 Å². The van der Waals surface area contributed by atoms with E-state index in [1.807, 2.05) is 6.07 Å². The molecule has 0 aromatic carbocycles. The normalized spacial score (nSPS) is 11.4. The molecule has 0 fully saturated rings. The molecule has 114 valence electrons. The van der Waals surface area contributed by atoms with Gasteiger partial charge < -0.3 is 15.1 Å². The van der Waals surface area contributed by atoms with Gasteiger partial charge in [-0.25, -0.2) is 0 Å². The largest absolute Gasteiger partial charge is 0.347 e. The van der Waals surface area contributed by atoms with E-state index in [2.05, 4.69) is 10.3 Å². The lowest BCUT2D eigenvalue weighted by Gasteiger charge is -2.24. The van der Waals surface area contributed by atoms with Crippen LogP contribution >= 0.6 is 0 Å². The maximum atomic E-state index is 12.3. The topological polar surface area (TPSA) is 82.6 Å². The van der Waals surface area contributed by atoms with Crippen LogP contribution in [-0.4, -0.2) is 66.7 Å². The van der Waals surface area contributed by atoms with Gasteiger partial charge in [0.25, 0.3) is 0 Å². The van der Waals surface area contributed by atoms with Crippen molar-refractivity contribution < 1.29 is 14.4 Å². The fourth-order valence-electron chi connectivity index (χ4n) is 1.74. The monoisotopic (exact) mass is 292 g/mol. The number of carbonyl (C=O) groups excluding carboxylic acids is 3. The third-order valence-corrected chi connectivity index (χ3v) is 2.98. The molecule has 0 saturated carbocycles. The van der Waals surface area contributed by atoms with Crippen LogP contribution in [0.15, 0.2) is 24.5 Å². The molecule has 7 nitrogen and oxygen atoms in total. The summed E-state index contributed by atoms with van der Waals surface area (Å²) < 4.78 is 0. The van der Waals surface area contributed by atoms with Crippen LogP contribution < -0.4 is 5.32 Å². The molecule has 1 N–H and O–H groups in total. The summed E-state index contributed by atoms with van der Waals surface area (Å²) in [5.41, 5.74) is 0.831. The molecular formula is C14H20N4O3. The minimum absolute atomic E-state index is 0.0318. The van der Waals surface area contributed by atoms with Crippen molar-refractivity contribution in [1.29, 1.82) is 0 Å². The second kappa shape index (κ2) is 7.98. The van der Waals surface area contributed by atoms with Crippen molar-refractivity contribution >= 4 is 18.2 Å². The summed E-state index contributed by atoms with van der Waals surface area (Å²) in [5, 5.41) is 2.49. The summed E-state index contributed by atoms with van der Waals surface area (Å²) in [6.07, 6.45) is 4.08. The Hall–Kier alpha value is -2.44. The zero-order valence-corrected chi connectivity index (χ0v) is 12.4. The molecule has 0 radical (unpaired) electrons. The average molecular weight is 292 g/mol. The number of pyridine rings is 1. The Kier molecular flexibility index (Phi) is 6.32. The lowest BCUT2D eigenvalue weighted by Crippen LogP contribution is -2.48. The Labute approximate surface area is 123 Å². The van der Waals surface area contributed by atoms with Gasteiger partial charge in [0.1, 0.15) is 6.04 Å². The van der Waals surface area contributed by atoms with Crippen LogP contribution in [0.25, 0.3) is 0 Å². The van der Waals surface area contributed by atoms with Gasteiger partial charge in [-0.05, 0) is 11.6 Å². The Bertz CT molecular complexity index is 490. The van der Waals surface area contributed by atoms with Crippen molar-refractivity contribution in [2.45, 2.75) is 12.5 Å². The Morgan fingerprint density at radius 3 is 2.62 bits per heavy atom. The van der Waals surface area contributed by atoms with Crippen LogP contribution in [0.3, 0.4) is 0 Å². The number of likely N-dealkylation sites (N-methyl/N-ethyl adjacent to an activating group) is 2. The number of hydrogen-bond donors (Lipinski definition) is 1. The number of amides is 3. The number of nitrogens with zero attached hydrogens (tertiary/aromatic N) is 3. The first-order valence-corrected chi connectivity index (χ1v) is 6.49. The highest BCUT2D eigenvalue weighted by Gasteiger charge is 2.23. The fourth-order valence-corrected chi connectivity index (χ4v) is 1.74. The van der Waals surface area contributed by atoms with Crippen LogP contribution in [-0.2, 0) is 20.8 Å². The molecule has 3 amide bonds. The molecule has 1 atom stereocenters. The highest BCUT2D eigenvalue weighted by molar-refractivity contribution is 5.88. The maximum Gasteiger partial charge on any atom is 0.245 e. The molecule has 0 unspecified atom stereocenters. The molecular weight excluding hydrogens is 272 g/mol. The van der Waals surface area contributed by atoms with Gasteiger partial charge in [-0.2, -0.15) is 0 Å². The van der Waals surface area contributed by atoms with E-state index in [4.69, 9.17) is 0 Å². The van der Waals surface area contributed by atoms with Crippen LogP contribution in [0.5, 0.6) is 0 Å². The van der Waals surface area contributed by atoms with Crippen molar-refractivity contribution in [3.8, 4) is 0 Å². The summed E-state index contributed by atoms with van der Waals surface area (Å²) in [6.45, 7) is -0.0318. The summed E-state index contributed by atoms with van der Waals surface area (Å²) in [7, 11) is 4.78. The standard InChI is InChI=1S/C14H20N4O3/c1-17(2)13(20)9-18(3)14(21)12(16-10-19)7-11-5-4-6-15-8-11/h4-6,8,10,12H,7,9H2,1-3H3,(H,16,19)/t12-/m0/s1. The summed E-state index contributed by atoms with van der Waals surface area (Å²) >= 11 is 0. The van der Waals surface area contributed by atoms with Gasteiger partial charge >= 0.3 is 0 Å². The molecule has 1 heterocycles. The SMILES string of the molecule is CN(C)C(=O)CN(C)C(=O)[C@H](Cc1cccnc1)NC=O. The van der Waals surface area contributed by atoms with E-state index < -0.39 is 6.04 Å². The predicted octanol–water partition coefficient (Wildman–Crippen LogP) is -0.715. The van der Waals surface area contributed by atoms with E-state index in [-0.39, 0.29) is 18.4 Å². The third kappa shape index (κ3) is 5.21. The van der Waals surface area contributed by atoms with Crippen LogP contribution in [0.1, 0.15) is 5.56 Å². The van der Waals surface area contributed by atoms with Crippen LogP contribution in [0.4, 0.5) is 0 Å². The van der Waals surface area contributed by atoms with Crippen LogP contribution in [0, 0.1) is 0 Å². The molecule has 21 heavy (non-hydrogen) atoms. The zero-order chi connectivity index (χ0) is 15.8. The summed E-state index contributed by atoms with van der Waals surface area (Å²) in [6, 6.07) is 2.87. The molecule has 0 saturated heterocycles.